The van der Waals surface area contributed by atoms with Gasteiger partial charge in [0, 0.05) is 49.8 Å². The van der Waals surface area contributed by atoms with Crippen LogP contribution in [0.25, 0.3) is 0 Å². The maximum absolute atomic E-state index is 4.37. The minimum absolute atomic E-state index is 0.198. The van der Waals surface area contributed by atoms with Crippen molar-refractivity contribution in [3.8, 4) is 0 Å². The Balaban J connectivity index is 1.82. The molecule has 2 heterocycles. The van der Waals surface area contributed by atoms with E-state index in [9.17, 15) is 0 Å². The molecular weight excluding hydrogens is 232 g/mol. The number of nitrogens with one attached hydrogen (secondary N) is 1. The lowest BCUT2D eigenvalue weighted by atomic mass is 10.1. The molecule has 0 unspecified atom stereocenters. The van der Waals surface area contributed by atoms with Gasteiger partial charge in [-0.3, -0.25) is 4.90 Å². The van der Waals surface area contributed by atoms with Gasteiger partial charge in [0.15, 0.2) is 5.13 Å². The summed E-state index contributed by atoms with van der Waals surface area (Å²) in [7, 11) is 2.03. The summed E-state index contributed by atoms with van der Waals surface area (Å²) in [5, 5.41) is 6.57. The van der Waals surface area contributed by atoms with Gasteiger partial charge in [0.25, 0.3) is 0 Å². The second kappa shape index (κ2) is 5.33. The number of hydrogen-bond donors (Lipinski definition) is 1. The van der Waals surface area contributed by atoms with E-state index in [4.69, 9.17) is 0 Å². The van der Waals surface area contributed by atoms with E-state index in [1.54, 1.807) is 11.3 Å². The third kappa shape index (κ3) is 3.40. The van der Waals surface area contributed by atoms with E-state index in [1.165, 1.54) is 0 Å². The predicted octanol–water partition coefficient (Wildman–Crippen LogP) is 1.26. The number of likely N-dealkylation sites (N-methyl/N-ethyl adjacent to an activating group) is 1. The van der Waals surface area contributed by atoms with Crippen molar-refractivity contribution in [2.75, 3.05) is 44.7 Å². The Morgan fingerprint density at radius 2 is 2.06 bits per heavy atom. The van der Waals surface area contributed by atoms with Gasteiger partial charge in [0.05, 0.1) is 0 Å². The fourth-order valence-corrected chi connectivity index (χ4v) is 2.80. The monoisotopic (exact) mass is 254 g/mol. The molecule has 1 aromatic heterocycles. The zero-order chi connectivity index (χ0) is 12.3. The first-order valence-electron chi connectivity index (χ1n) is 6.16. The summed E-state index contributed by atoms with van der Waals surface area (Å²) in [5.41, 5.74) is 0.198. The Hall–Kier alpha value is -0.650. The number of hydrogen-bond acceptors (Lipinski definition) is 5. The molecule has 0 aromatic carbocycles. The highest BCUT2D eigenvalue weighted by Crippen LogP contribution is 2.19. The van der Waals surface area contributed by atoms with Crippen molar-refractivity contribution < 1.29 is 0 Å². The molecule has 0 spiro atoms. The van der Waals surface area contributed by atoms with Crippen LogP contribution in [-0.4, -0.2) is 55.2 Å². The first-order valence-corrected chi connectivity index (χ1v) is 7.04. The fraction of sp³-hybridized carbons (Fsp3) is 0.750. The average Bonchev–Trinajstić information content (AvgIpc) is 2.83. The molecule has 96 valence electrons. The second-order valence-corrected chi connectivity index (χ2v) is 6.08. The fourth-order valence-electron chi connectivity index (χ4n) is 2.11. The Morgan fingerprint density at radius 1 is 1.35 bits per heavy atom. The van der Waals surface area contributed by atoms with Crippen LogP contribution in [0.3, 0.4) is 0 Å². The van der Waals surface area contributed by atoms with Crippen molar-refractivity contribution in [3.63, 3.8) is 0 Å². The third-order valence-electron chi connectivity index (χ3n) is 3.36. The molecule has 0 aliphatic carbocycles. The minimum atomic E-state index is 0.198. The van der Waals surface area contributed by atoms with Gasteiger partial charge in [0.1, 0.15) is 0 Å². The molecule has 1 fully saturated rings. The van der Waals surface area contributed by atoms with Gasteiger partial charge in [-0.1, -0.05) is 0 Å². The minimum Gasteiger partial charge on any atom is -0.346 e. The number of thiazole rings is 1. The van der Waals surface area contributed by atoms with E-state index >= 15 is 0 Å². The van der Waals surface area contributed by atoms with Crippen LogP contribution < -0.4 is 10.2 Å². The number of nitrogens with zero attached hydrogens (tertiary/aromatic N) is 3. The lowest BCUT2D eigenvalue weighted by Gasteiger charge is -2.38. The molecule has 0 atom stereocenters. The SMILES string of the molecule is CNC(C)(C)CN1CCN(c2nccs2)CC1. The Labute approximate surface area is 108 Å². The standard InChI is InChI=1S/C12H22N4S/c1-12(2,13-3)10-15-5-7-16(8-6-15)11-14-4-9-17-11/h4,9,13H,5-8,10H2,1-3H3. The van der Waals surface area contributed by atoms with E-state index in [0.29, 0.717) is 0 Å². The molecule has 0 bridgehead atoms. The molecule has 2 rings (SSSR count). The summed E-state index contributed by atoms with van der Waals surface area (Å²) >= 11 is 1.73. The van der Waals surface area contributed by atoms with E-state index in [2.05, 4.69) is 33.9 Å². The molecule has 5 heteroatoms. The van der Waals surface area contributed by atoms with Crippen molar-refractivity contribution >= 4 is 16.5 Å². The largest absolute Gasteiger partial charge is 0.346 e. The van der Waals surface area contributed by atoms with Gasteiger partial charge < -0.3 is 10.2 Å². The van der Waals surface area contributed by atoms with Gasteiger partial charge in [-0.15, -0.1) is 11.3 Å². The van der Waals surface area contributed by atoms with Crippen molar-refractivity contribution in [1.82, 2.24) is 15.2 Å². The average molecular weight is 254 g/mol. The van der Waals surface area contributed by atoms with Gasteiger partial charge in [-0.25, -0.2) is 4.98 Å². The number of rotatable bonds is 4. The summed E-state index contributed by atoms with van der Waals surface area (Å²) in [6, 6.07) is 0. The Bertz CT molecular complexity index is 328. The molecule has 1 aliphatic rings. The number of piperazine rings is 1. The molecule has 0 saturated carbocycles. The molecule has 17 heavy (non-hydrogen) atoms. The Morgan fingerprint density at radius 3 is 2.59 bits per heavy atom. The van der Waals surface area contributed by atoms with Crippen LogP contribution in [0, 0.1) is 0 Å². The van der Waals surface area contributed by atoms with Crippen LogP contribution in [0.5, 0.6) is 0 Å². The highest BCUT2D eigenvalue weighted by Gasteiger charge is 2.24. The molecule has 1 aliphatic heterocycles. The maximum Gasteiger partial charge on any atom is 0.185 e. The molecule has 4 nitrogen and oxygen atoms in total. The van der Waals surface area contributed by atoms with Crippen LogP contribution in [0.2, 0.25) is 0 Å². The van der Waals surface area contributed by atoms with Crippen LogP contribution in [-0.2, 0) is 0 Å². The zero-order valence-corrected chi connectivity index (χ0v) is 11.8. The smallest absolute Gasteiger partial charge is 0.185 e. The van der Waals surface area contributed by atoms with E-state index < -0.39 is 0 Å². The summed E-state index contributed by atoms with van der Waals surface area (Å²) in [5.74, 6) is 0. The highest BCUT2D eigenvalue weighted by molar-refractivity contribution is 7.13. The molecule has 0 radical (unpaired) electrons. The maximum atomic E-state index is 4.37. The Kier molecular flexibility index (Phi) is 4.01. The predicted molar refractivity (Wildman–Crippen MR) is 73.9 cm³/mol. The number of anilines is 1. The highest BCUT2D eigenvalue weighted by atomic mass is 32.1. The van der Waals surface area contributed by atoms with Crippen LogP contribution in [0.4, 0.5) is 5.13 Å². The van der Waals surface area contributed by atoms with Crippen molar-refractivity contribution in [3.05, 3.63) is 11.6 Å². The van der Waals surface area contributed by atoms with Crippen LogP contribution >= 0.6 is 11.3 Å². The topological polar surface area (TPSA) is 31.4 Å². The molecule has 1 N–H and O–H groups in total. The summed E-state index contributed by atoms with van der Waals surface area (Å²) in [6.07, 6.45) is 1.89. The number of aromatic nitrogens is 1. The summed E-state index contributed by atoms with van der Waals surface area (Å²) in [6.45, 7) is 10.0. The molecule has 1 aromatic rings. The van der Waals surface area contributed by atoms with Crippen molar-refractivity contribution in [2.24, 2.45) is 0 Å². The van der Waals surface area contributed by atoms with E-state index in [0.717, 1.165) is 37.9 Å². The first-order chi connectivity index (χ1) is 8.11. The van der Waals surface area contributed by atoms with Crippen LogP contribution in [0.1, 0.15) is 13.8 Å². The van der Waals surface area contributed by atoms with Gasteiger partial charge in [-0.2, -0.15) is 0 Å². The van der Waals surface area contributed by atoms with Gasteiger partial charge in [-0.05, 0) is 20.9 Å². The third-order valence-corrected chi connectivity index (χ3v) is 4.19. The van der Waals surface area contributed by atoms with E-state index in [-0.39, 0.29) is 5.54 Å². The molecule has 1 saturated heterocycles. The van der Waals surface area contributed by atoms with Gasteiger partial charge >= 0.3 is 0 Å². The van der Waals surface area contributed by atoms with Crippen LogP contribution in [0.15, 0.2) is 11.6 Å². The second-order valence-electron chi connectivity index (χ2n) is 5.21. The van der Waals surface area contributed by atoms with E-state index in [1.807, 2.05) is 18.6 Å². The van der Waals surface area contributed by atoms with Gasteiger partial charge in [0.2, 0.25) is 0 Å². The normalized spacial score (nSPS) is 18.6. The zero-order valence-electron chi connectivity index (χ0n) is 10.9. The van der Waals surface area contributed by atoms with Crippen molar-refractivity contribution in [2.45, 2.75) is 19.4 Å². The van der Waals surface area contributed by atoms with Crippen molar-refractivity contribution in [1.29, 1.82) is 0 Å². The quantitative estimate of drug-likeness (QED) is 0.876. The molecule has 0 amide bonds. The lowest BCUT2D eigenvalue weighted by molar-refractivity contribution is 0.197. The lowest BCUT2D eigenvalue weighted by Crippen LogP contribution is -2.53. The molecular formula is C12H22N4S. The first kappa shape index (κ1) is 12.8. The summed E-state index contributed by atoms with van der Waals surface area (Å²) in [4.78, 5) is 9.28. The summed E-state index contributed by atoms with van der Waals surface area (Å²) < 4.78 is 0.